The van der Waals surface area contributed by atoms with Crippen LogP contribution in [0.25, 0.3) is 10.8 Å². The third-order valence-corrected chi connectivity index (χ3v) is 4.77. The Morgan fingerprint density at radius 2 is 2.09 bits per heavy atom. The second-order valence-electron chi connectivity index (χ2n) is 5.34. The topological polar surface area (TPSA) is 79.3 Å². The molecule has 112 valence electrons. The van der Waals surface area contributed by atoms with Crippen LogP contribution in [0.1, 0.15) is 17.0 Å². The fourth-order valence-corrected chi connectivity index (χ4v) is 3.76. The Labute approximate surface area is 136 Å². The van der Waals surface area contributed by atoms with E-state index >= 15 is 0 Å². The molecule has 3 aromatic rings. The van der Waals surface area contributed by atoms with Gasteiger partial charge in [0, 0.05) is 5.56 Å². The average Bonchev–Trinajstić information content (AvgIpc) is 3.08. The van der Waals surface area contributed by atoms with Crippen molar-refractivity contribution in [3.63, 3.8) is 0 Å². The summed E-state index contributed by atoms with van der Waals surface area (Å²) in [6, 6.07) is 13.5. The Kier molecular flexibility index (Phi) is 3.00. The molecule has 0 aliphatic carbocycles. The van der Waals surface area contributed by atoms with Gasteiger partial charge in [0.15, 0.2) is 11.5 Å². The summed E-state index contributed by atoms with van der Waals surface area (Å²) in [4.78, 5) is 0. The lowest BCUT2D eigenvalue weighted by Gasteiger charge is -2.27. The Bertz CT molecular complexity index is 984. The van der Waals surface area contributed by atoms with Crippen LogP contribution in [0.3, 0.4) is 0 Å². The van der Waals surface area contributed by atoms with E-state index in [1.165, 1.54) is 0 Å². The highest BCUT2D eigenvalue weighted by molar-refractivity contribution is 7.08. The highest BCUT2D eigenvalue weighted by Gasteiger charge is 2.34. The Morgan fingerprint density at radius 3 is 2.83 bits per heavy atom. The minimum absolute atomic E-state index is 0.0267. The average molecular weight is 320 g/mol. The second kappa shape index (κ2) is 5.04. The normalized spacial score (nSPS) is 16.7. The zero-order valence-electron chi connectivity index (χ0n) is 12.0. The Balaban J connectivity index is 2.12. The molecule has 2 aromatic carbocycles. The molecule has 1 atom stereocenters. The molecule has 1 aliphatic rings. The van der Waals surface area contributed by atoms with Gasteiger partial charge in [-0.15, -0.1) is 0 Å². The summed E-state index contributed by atoms with van der Waals surface area (Å²) < 4.78 is 5.59. The third kappa shape index (κ3) is 1.96. The maximum Gasteiger partial charge on any atom is 0.205 e. The largest absolute Gasteiger partial charge is 0.504 e. The fraction of sp³-hybridized carbons (Fsp3) is 0.0556. The number of nitrogens with zero attached hydrogens (tertiary/aromatic N) is 1. The van der Waals surface area contributed by atoms with E-state index in [-0.39, 0.29) is 17.6 Å². The summed E-state index contributed by atoms with van der Waals surface area (Å²) in [5.74, 6) is 0.0593. The zero-order chi connectivity index (χ0) is 16.0. The summed E-state index contributed by atoms with van der Waals surface area (Å²) in [7, 11) is 0. The van der Waals surface area contributed by atoms with Gasteiger partial charge in [-0.2, -0.15) is 16.6 Å². The molecule has 4 nitrogen and oxygen atoms in total. The number of ether oxygens (including phenoxy) is 1. The van der Waals surface area contributed by atoms with Crippen LogP contribution in [-0.4, -0.2) is 5.11 Å². The number of aromatic hydroxyl groups is 1. The quantitative estimate of drug-likeness (QED) is 0.714. The monoisotopic (exact) mass is 320 g/mol. The van der Waals surface area contributed by atoms with Gasteiger partial charge < -0.3 is 15.6 Å². The van der Waals surface area contributed by atoms with Crippen LogP contribution >= 0.6 is 11.3 Å². The van der Waals surface area contributed by atoms with Crippen molar-refractivity contribution in [2.45, 2.75) is 5.92 Å². The molecule has 23 heavy (non-hydrogen) atoms. The van der Waals surface area contributed by atoms with Crippen molar-refractivity contribution in [3.8, 4) is 17.6 Å². The number of thiophene rings is 1. The summed E-state index contributed by atoms with van der Waals surface area (Å²) in [5.41, 5.74) is 8.06. The molecule has 5 heteroatoms. The van der Waals surface area contributed by atoms with Crippen molar-refractivity contribution in [3.05, 3.63) is 69.7 Å². The predicted molar refractivity (Wildman–Crippen MR) is 89.2 cm³/mol. The number of nitriles is 1. The summed E-state index contributed by atoms with van der Waals surface area (Å²) in [5, 5.41) is 25.7. The first-order chi connectivity index (χ1) is 11.2. The number of fused-ring (bicyclic) bond motifs is 3. The van der Waals surface area contributed by atoms with Crippen LogP contribution in [0, 0.1) is 11.3 Å². The maximum atomic E-state index is 10.4. The number of phenolic OH excluding ortho intramolecular Hbond substituents is 1. The van der Waals surface area contributed by atoms with Gasteiger partial charge in [-0.25, -0.2) is 0 Å². The van der Waals surface area contributed by atoms with Crippen molar-refractivity contribution < 1.29 is 9.84 Å². The molecule has 0 amide bonds. The van der Waals surface area contributed by atoms with Crippen molar-refractivity contribution in [1.82, 2.24) is 0 Å². The number of hydrogen-bond donors (Lipinski definition) is 2. The third-order valence-electron chi connectivity index (χ3n) is 4.07. The maximum absolute atomic E-state index is 10.4. The molecule has 0 fully saturated rings. The Morgan fingerprint density at radius 1 is 1.26 bits per heavy atom. The lowest BCUT2D eigenvalue weighted by Crippen LogP contribution is -2.21. The van der Waals surface area contributed by atoms with E-state index in [2.05, 4.69) is 6.07 Å². The minimum atomic E-state index is -0.341. The van der Waals surface area contributed by atoms with E-state index in [1.807, 2.05) is 41.1 Å². The number of phenols is 1. The smallest absolute Gasteiger partial charge is 0.205 e. The van der Waals surface area contributed by atoms with Gasteiger partial charge in [0.2, 0.25) is 5.88 Å². The van der Waals surface area contributed by atoms with E-state index in [0.717, 1.165) is 21.9 Å². The highest BCUT2D eigenvalue weighted by Crippen LogP contribution is 2.49. The number of nitrogens with two attached hydrogens (primary N) is 1. The summed E-state index contributed by atoms with van der Waals surface area (Å²) in [6.45, 7) is 0. The fourth-order valence-electron chi connectivity index (χ4n) is 3.08. The first kappa shape index (κ1) is 13.7. The van der Waals surface area contributed by atoms with Crippen molar-refractivity contribution in [2.75, 3.05) is 0 Å². The number of hydrogen-bond acceptors (Lipinski definition) is 5. The number of benzene rings is 2. The van der Waals surface area contributed by atoms with Crippen LogP contribution < -0.4 is 10.5 Å². The summed E-state index contributed by atoms with van der Waals surface area (Å²) >= 11 is 1.56. The van der Waals surface area contributed by atoms with Gasteiger partial charge >= 0.3 is 0 Å². The van der Waals surface area contributed by atoms with E-state index in [9.17, 15) is 10.4 Å². The molecule has 0 bridgehead atoms. The molecule has 2 heterocycles. The van der Waals surface area contributed by atoms with Crippen LogP contribution in [-0.2, 0) is 0 Å². The van der Waals surface area contributed by atoms with Gasteiger partial charge in [0.05, 0.1) is 5.92 Å². The minimum Gasteiger partial charge on any atom is -0.504 e. The number of rotatable bonds is 1. The van der Waals surface area contributed by atoms with Crippen LogP contribution in [0.4, 0.5) is 0 Å². The second-order valence-corrected chi connectivity index (χ2v) is 6.12. The molecule has 0 unspecified atom stereocenters. The van der Waals surface area contributed by atoms with E-state index in [0.29, 0.717) is 11.3 Å². The van der Waals surface area contributed by atoms with Crippen molar-refractivity contribution >= 4 is 22.1 Å². The highest BCUT2D eigenvalue weighted by atomic mass is 32.1. The SMILES string of the molecule is N#CC1=C(N)Oc2c(O)cc3ccccc3c2[C@@H]1c1ccsc1. The zero-order valence-corrected chi connectivity index (χ0v) is 12.8. The molecule has 0 radical (unpaired) electrons. The lowest BCUT2D eigenvalue weighted by molar-refractivity contribution is 0.360. The predicted octanol–water partition coefficient (Wildman–Crippen LogP) is 3.83. The Hall–Kier alpha value is -2.97. The van der Waals surface area contributed by atoms with Gasteiger partial charge in [-0.3, -0.25) is 0 Å². The van der Waals surface area contributed by atoms with Crippen molar-refractivity contribution in [2.24, 2.45) is 5.73 Å². The standard InChI is InChI=1S/C18H12N2O2S/c19-8-13-15(11-5-6-23-9-11)16-12-4-2-1-3-10(12)7-14(21)17(16)22-18(13)20/h1-7,9,15,21H,20H2/t15-/m1/s1. The van der Waals surface area contributed by atoms with Crippen LogP contribution in [0.15, 0.2) is 58.6 Å². The summed E-state index contributed by atoms with van der Waals surface area (Å²) in [6.07, 6.45) is 0. The molecule has 0 spiro atoms. The van der Waals surface area contributed by atoms with Crippen LogP contribution in [0.5, 0.6) is 11.5 Å². The molecular weight excluding hydrogens is 308 g/mol. The van der Waals surface area contributed by atoms with Crippen molar-refractivity contribution in [1.29, 1.82) is 5.26 Å². The molecule has 1 aromatic heterocycles. The van der Waals surface area contributed by atoms with Gasteiger partial charge in [0.1, 0.15) is 11.6 Å². The van der Waals surface area contributed by atoms with E-state index in [1.54, 1.807) is 17.4 Å². The van der Waals surface area contributed by atoms with Gasteiger partial charge in [-0.05, 0) is 39.2 Å². The molecule has 0 saturated carbocycles. The van der Waals surface area contributed by atoms with Gasteiger partial charge in [-0.1, -0.05) is 24.3 Å². The molecule has 4 rings (SSSR count). The first-order valence-corrected chi connectivity index (χ1v) is 7.99. The van der Waals surface area contributed by atoms with Crippen LogP contribution in [0.2, 0.25) is 0 Å². The lowest BCUT2D eigenvalue weighted by atomic mass is 9.82. The van der Waals surface area contributed by atoms with E-state index < -0.39 is 0 Å². The number of allylic oxidation sites excluding steroid dienone is 1. The molecular formula is C18H12N2O2S. The van der Waals surface area contributed by atoms with E-state index in [4.69, 9.17) is 10.5 Å². The first-order valence-electron chi connectivity index (χ1n) is 7.05. The van der Waals surface area contributed by atoms with Gasteiger partial charge in [0.25, 0.3) is 0 Å². The molecule has 0 saturated heterocycles. The molecule has 3 N–H and O–H groups in total. The molecule has 1 aliphatic heterocycles.